The molecule has 2 heteroatoms. The maximum absolute atomic E-state index is 10.3. The number of aliphatic hydroxyl groups excluding tert-OH is 1. The van der Waals surface area contributed by atoms with Crippen LogP contribution in [-0.2, 0) is 0 Å². The predicted octanol–water partition coefficient (Wildman–Crippen LogP) is 3.05. The first-order valence-electron chi connectivity index (χ1n) is 7.57. The lowest BCUT2D eigenvalue weighted by Crippen LogP contribution is -2.54. The second kappa shape index (κ2) is 5.71. The summed E-state index contributed by atoms with van der Waals surface area (Å²) in [6.45, 7) is 8.21. The summed E-state index contributed by atoms with van der Waals surface area (Å²) in [5.41, 5.74) is 0. The Morgan fingerprint density at radius 1 is 1.18 bits per heavy atom. The number of hydrogen-bond donors (Lipinski definition) is 1. The standard InChI is InChI=1S/C15H29NO/c1-4-13-7-8-15(17)14(10-13)16-9-5-6-11(2)12(16)3/h11-15,17H,4-10H2,1-3H3. The molecular weight excluding hydrogens is 210 g/mol. The highest BCUT2D eigenvalue weighted by Crippen LogP contribution is 2.34. The zero-order valence-electron chi connectivity index (χ0n) is 11.7. The third kappa shape index (κ3) is 2.85. The van der Waals surface area contributed by atoms with Gasteiger partial charge < -0.3 is 5.11 Å². The maximum Gasteiger partial charge on any atom is 0.0695 e. The summed E-state index contributed by atoms with van der Waals surface area (Å²) in [6, 6.07) is 1.09. The van der Waals surface area contributed by atoms with Crippen LogP contribution in [0.4, 0.5) is 0 Å². The van der Waals surface area contributed by atoms with Gasteiger partial charge in [-0.1, -0.05) is 20.3 Å². The topological polar surface area (TPSA) is 23.5 Å². The van der Waals surface area contributed by atoms with Gasteiger partial charge in [0, 0.05) is 12.1 Å². The first kappa shape index (κ1) is 13.4. The molecule has 1 aliphatic heterocycles. The fourth-order valence-electron chi connectivity index (χ4n) is 3.78. The quantitative estimate of drug-likeness (QED) is 0.800. The minimum atomic E-state index is -0.0782. The second-order valence-corrected chi connectivity index (χ2v) is 6.32. The molecule has 2 aliphatic rings. The Bertz CT molecular complexity index is 243. The molecule has 0 spiro atoms. The molecular formula is C15H29NO. The molecule has 0 aromatic rings. The molecule has 1 saturated carbocycles. The van der Waals surface area contributed by atoms with Gasteiger partial charge in [0.1, 0.15) is 0 Å². The van der Waals surface area contributed by atoms with E-state index in [2.05, 4.69) is 25.7 Å². The average molecular weight is 239 g/mol. The number of rotatable bonds is 2. The Labute approximate surface area is 106 Å². The molecule has 0 bridgehead atoms. The van der Waals surface area contributed by atoms with E-state index in [4.69, 9.17) is 0 Å². The molecule has 2 nitrogen and oxygen atoms in total. The van der Waals surface area contributed by atoms with Crippen molar-refractivity contribution in [2.75, 3.05) is 6.54 Å². The average Bonchev–Trinajstić information content (AvgIpc) is 2.34. The van der Waals surface area contributed by atoms with Crippen LogP contribution in [0.15, 0.2) is 0 Å². The lowest BCUT2D eigenvalue weighted by molar-refractivity contribution is -0.0372. The fourth-order valence-corrected chi connectivity index (χ4v) is 3.78. The molecule has 5 unspecified atom stereocenters. The highest BCUT2D eigenvalue weighted by atomic mass is 16.3. The van der Waals surface area contributed by atoms with Gasteiger partial charge in [0.2, 0.25) is 0 Å². The van der Waals surface area contributed by atoms with Crippen molar-refractivity contribution in [2.45, 2.75) is 77.5 Å². The van der Waals surface area contributed by atoms with Crippen molar-refractivity contribution in [1.29, 1.82) is 0 Å². The predicted molar refractivity (Wildman–Crippen MR) is 72.0 cm³/mol. The van der Waals surface area contributed by atoms with Crippen LogP contribution in [0.1, 0.15) is 59.3 Å². The highest BCUT2D eigenvalue weighted by molar-refractivity contribution is 4.91. The molecule has 0 radical (unpaired) electrons. The summed E-state index contributed by atoms with van der Waals surface area (Å²) in [5.74, 6) is 1.63. The molecule has 0 aromatic carbocycles. The molecule has 100 valence electrons. The largest absolute Gasteiger partial charge is 0.391 e. The van der Waals surface area contributed by atoms with E-state index in [1.807, 2.05) is 0 Å². The molecule has 0 aromatic heterocycles. The van der Waals surface area contributed by atoms with Crippen molar-refractivity contribution in [2.24, 2.45) is 11.8 Å². The second-order valence-electron chi connectivity index (χ2n) is 6.32. The maximum atomic E-state index is 10.3. The van der Waals surface area contributed by atoms with E-state index in [1.165, 1.54) is 38.6 Å². The Hall–Kier alpha value is -0.0800. The van der Waals surface area contributed by atoms with E-state index in [0.29, 0.717) is 12.1 Å². The number of piperidine rings is 1. The molecule has 2 fully saturated rings. The fraction of sp³-hybridized carbons (Fsp3) is 1.00. The summed E-state index contributed by atoms with van der Waals surface area (Å²) >= 11 is 0. The zero-order valence-corrected chi connectivity index (χ0v) is 11.7. The van der Waals surface area contributed by atoms with Crippen LogP contribution in [0.5, 0.6) is 0 Å². The number of aliphatic hydroxyl groups is 1. The van der Waals surface area contributed by atoms with Crippen LogP contribution in [-0.4, -0.2) is 34.7 Å². The third-order valence-corrected chi connectivity index (χ3v) is 5.32. The van der Waals surface area contributed by atoms with Gasteiger partial charge in [-0.25, -0.2) is 0 Å². The molecule has 5 atom stereocenters. The van der Waals surface area contributed by atoms with Gasteiger partial charge in [-0.15, -0.1) is 0 Å². The SMILES string of the molecule is CCC1CCC(O)C(N2CCCC(C)C2C)C1. The molecule has 2 rings (SSSR count). The van der Waals surface area contributed by atoms with E-state index in [1.54, 1.807) is 0 Å². The Morgan fingerprint density at radius 3 is 2.65 bits per heavy atom. The van der Waals surface area contributed by atoms with E-state index in [0.717, 1.165) is 18.3 Å². The van der Waals surface area contributed by atoms with Crippen molar-refractivity contribution in [1.82, 2.24) is 4.90 Å². The van der Waals surface area contributed by atoms with E-state index in [-0.39, 0.29) is 6.10 Å². The minimum Gasteiger partial charge on any atom is -0.391 e. The number of likely N-dealkylation sites (tertiary alicyclic amines) is 1. The molecule has 1 saturated heterocycles. The Balaban J connectivity index is 2.03. The van der Waals surface area contributed by atoms with Crippen molar-refractivity contribution in [3.8, 4) is 0 Å². The zero-order chi connectivity index (χ0) is 12.4. The van der Waals surface area contributed by atoms with E-state index < -0.39 is 0 Å². The van der Waals surface area contributed by atoms with E-state index >= 15 is 0 Å². The van der Waals surface area contributed by atoms with Crippen LogP contribution >= 0.6 is 0 Å². The lowest BCUT2D eigenvalue weighted by Gasteiger charge is -2.47. The molecule has 1 heterocycles. The Kier molecular flexibility index (Phi) is 4.48. The minimum absolute atomic E-state index is 0.0782. The monoisotopic (exact) mass is 239 g/mol. The summed E-state index contributed by atoms with van der Waals surface area (Å²) in [5, 5.41) is 10.3. The van der Waals surface area contributed by atoms with Gasteiger partial charge in [-0.3, -0.25) is 4.90 Å². The molecule has 1 aliphatic carbocycles. The first-order valence-corrected chi connectivity index (χ1v) is 7.57. The summed E-state index contributed by atoms with van der Waals surface area (Å²) in [6.07, 6.45) is 7.33. The van der Waals surface area contributed by atoms with Crippen LogP contribution in [0.3, 0.4) is 0 Å². The van der Waals surface area contributed by atoms with E-state index in [9.17, 15) is 5.11 Å². The van der Waals surface area contributed by atoms with Crippen LogP contribution < -0.4 is 0 Å². The van der Waals surface area contributed by atoms with Crippen molar-refractivity contribution >= 4 is 0 Å². The lowest BCUT2D eigenvalue weighted by atomic mass is 9.79. The third-order valence-electron chi connectivity index (χ3n) is 5.32. The van der Waals surface area contributed by atoms with Gasteiger partial charge in [0.25, 0.3) is 0 Å². The van der Waals surface area contributed by atoms with Crippen molar-refractivity contribution < 1.29 is 5.11 Å². The Morgan fingerprint density at radius 2 is 1.94 bits per heavy atom. The molecule has 1 N–H and O–H groups in total. The number of nitrogens with zero attached hydrogens (tertiary/aromatic N) is 1. The smallest absolute Gasteiger partial charge is 0.0695 e. The first-order chi connectivity index (χ1) is 8.13. The molecule has 17 heavy (non-hydrogen) atoms. The van der Waals surface area contributed by atoms with Gasteiger partial charge in [0.05, 0.1) is 6.10 Å². The van der Waals surface area contributed by atoms with Crippen molar-refractivity contribution in [3.05, 3.63) is 0 Å². The van der Waals surface area contributed by atoms with Crippen LogP contribution in [0, 0.1) is 11.8 Å². The summed E-state index contributed by atoms with van der Waals surface area (Å²) in [7, 11) is 0. The van der Waals surface area contributed by atoms with Crippen LogP contribution in [0.2, 0.25) is 0 Å². The van der Waals surface area contributed by atoms with Gasteiger partial charge in [-0.2, -0.15) is 0 Å². The van der Waals surface area contributed by atoms with Gasteiger partial charge >= 0.3 is 0 Å². The van der Waals surface area contributed by atoms with Crippen LogP contribution in [0.25, 0.3) is 0 Å². The van der Waals surface area contributed by atoms with Gasteiger partial charge in [0.15, 0.2) is 0 Å². The molecule has 0 amide bonds. The van der Waals surface area contributed by atoms with Gasteiger partial charge in [-0.05, 0) is 57.4 Å². The summed E-state index contributed by atoms with van der Waals surface area (Å²) in [4.78, 5) is 2.61. The number of hydrogen-bond acceptors (Lipinski definition) is 2. The summed E-state index contributed by atoms with van der Waals surface area (Å²) < 4.78 is 0. The normalized spacial score (nSPS) is 44.8. The highest BCUT2D eigenvalue weighted by Gasteiger charge is 2.37. The van der Waals surface area contributed by atoms with Crippen molar-refractivity contribution in [3.63, 3.8) is 0 Å².